The van der Waals surface area contributed by atoms with Gasteiger partial charge >= 0.3 is 0 Å². The molecule has 0 atom stereocenters. The van der Waals surface area contributed by atoms with Crippen molar-refractivity contribution in [1.29, 1.82) is 0 Å². The summed E-state index contributed by atoms with van der Waals surface area (Å²) in [5.41, 5.74) is 1.48. The molecular formula is C15H15BrN2O2S. The predicted molar refractivity (Wildman–Crippen MR) is 88.5 cm³/mol. The molecule has 1 amide bonds. The van der Waals surface area contributed by atoms with Gasteiger partial charge in [0.05, 0.1) is 15.0 Å². The smallest absolute Gasteiger partial charge is 0.255 e. The lowest BCUT2D eigenvalue weighted by Gasteiger charge is -2.21. The van der Waals surface area contributed by atoms with Crippen molar-refractivity contribution in [2.45, 2.75) is 6.42 Å². The number of hydrogen-bond acceptors (Lipinski definition) is 4. The molecule has 0 bridgehead atoms. The van der Waals surface area contributed by atoms with Gasteiger partial charge in [0, 0.05) is 18.0 Å². The molecule has 2 N–H and O–H groups in total. The number of carbonyl (C=O) groups excluding carboxylic acids is 1. The summed E-state index contributed by atoms with van der Waals surface area (Å²) in [5.74, 6) is 0.561. The SMILES string of the molecule is O=C(NCCc1ccc(Br)s1)c1cccc2c1OCCN2. The molecule has 110 valence electrons. The maximum atomic E-state index is 12.3. The second-order valence-electron chi connectivity index (χ2n) is 4.67. The fourth-order valence-electron chi connectivity index (χ4n) is 2.23. The number of thiophene rings is 1. The topological polar surface area (TPSA) is 50.4 Å². The molecule has 1 aliphatic rings. The van der Waals surface area contributed by atoms with Crippen LogP contribution in [0.3, 0.4) is 0 Å². The van der Waals surface area contributed by atoms with Crippen molar-refractivity contribution in [3.8, 4) is 5.75 Å². The van der Waals surface area contributed by atoms with E-state index in [4.69, 9.17) is 4.74 Å². The van der Waals surface area contributed by atoms with E-state index in [9.17, 15) is 4.79 Å². The number of para-hydroxylation sites is 1. The van der Waals surface area contributed by atoms with Gasteiger partial charge in [0.15, 0.2) is 5.75 Å². The number of benzene rings is 1. The van der Waals surface area contributed by atoms with Gasteiger partial charge in [-0.3, -0.25) is 4.79 Å². The minimum Gasteiger partial charge on any atom is -0.489 e. The summed E-state index contributed by atoms with van der Waals surface area (Å²) >= 11 is 5.13. The normalized spacial score (nSPS) is 13.0. The number of ether oxygens (including phenoxy) is 1. The van der Waals surface area contributed by atoms with Crippen LogP contribution in [-0.4, -0.2) is 25.6 Å². The molecule has 0 saturated heterocycles. The second kappa shape index (κ2) is 6.49. The van der Waals surface area contributed by atoms with Gasteiger partial charge in [0.1, 0.15) is 6.61 Å². The lowest BCUT2D eigenvalue weighted by molar-refractivity contribution is 0.0950. The van der Waals surface area contributed by atoms with E-state index < -0.39 is 0 Å². The van der Waals surface area contributed by atoms with Crippen molar-refractivity contribution in [2.75, 3.05) is 25.0 Å². The highest BCUT2D eigenvalue weighted by molar-refractivity contribution is 9.11. The van der Waals surface area contributed by atoms with Crippen LogP contribution in [0.25, 0.3) is 0 Å². The molecule has 0 spiro atoms. The Kier molecular flexibility index (Phi) is 4.45. The summed E-state index contributed by atoms with van der Waals surface area (Å²) in [5, 5.41) is 6.19. The Balaban J connectivity index is 1.63. The Bertz CT molecular complexity index is 657. The highest BCUT2D eigenvalue weighted by atomic mass is 79.9. The standard InChI is InChI=1S/C15H15BrN2O2S/c16-13-5-4-10(21-13)6-7-18-15(19)11-2-1-3-12-14(11)20-9-8-17-12/h1-5,17H,6-9H2,(H,18,19). The van der Waals surface area contributed by atoms with Crippen LogP contribution in [0.5, 0.6) is 5.75 Å². The molecule has 1 aliphatic heterocycles. The molecule has 2 heterocycles. The first kappa shape index (κ1) is 14.4. The van der Waals surface area contributed by atoms with Crippen molar-refractivity contribution in [1.82, 2.24) is 5.32 Å². The average molecular weight is 367 g/mol. The first-order valence-electron chi connectivity index (χ1n) is 6.76. The van der Waals surface area contributed by atoms with Crippen molar-refractivity contribution >= 4 is 38.9 Å². The first-order valence-corrected chi connectivity index (χ1v) is 8.37. The number of halogens is 1. The third-order valence-corrected chi connectivity index (χ3v) is 4.89. The second-order valence-corrected chi connectivity index (χ2v) is 7.22. The van der Waals surface area contributed by atoms with Gasteiger partial charge in [-0.25, -0.2) is 0 Å². The van der Waals surface area contributed by atoms with E-state index in [1.54, 1.807) is 17.4 Å². The van der Waals surface area contributed by atoms with Gasteiger partial charge in [0.2, 0.25) is 0 Å². The maximum absolute atomic E-state index is 12.3. The van der Waals surface area contributed by atoms with Gasteiger partial charge < -0.3 is 15.4 Å². The van der Waals surface area contributed by atoms with Gasteiger partial charge in [-0.1, -0.05) is 6.07 Å². The highest BCUT2D eigenvalue weighted by Crippen LogP contribution is 2.31. The molecule has 0 radical (unpaired) electrons. The summed E-state index contributed by atoms with van der Waals surface area (Å²) in [7, 11) is 0. The zero-order valence-corrected chi connectivity index (χ0v) is 13.7. The largest absolute Gasteiger partial charge is 0.489 e. The number of rotatable bonds is 4. The summed E-state index contributed by atoms with van der Waals surface area (Å²) in [6.45, 7) is 1.97. The molecule has 2 aromatic rings. The summed E-state index contributed by atoms with van der Waals surface area (Å²) in [6.07, 6.45) is 0.830. The highest BCUT2D eigenvalue weighted by Gasteiger charge is 2.18. The van der Waals surface area contributed by atoms with Crippen LogP contribution in [0.4, 0.5) is 5.69 Å². The molecule has 3 rings (SSSR count). The zero-order valence-electron chi connectivity index (χ0n) is 11.3. The van der Waals surface area contributed by atoms with Gasteiger partial charge in [-0.2, -0.15) is 0 Å². The van der Waals surface area contributed by atoms with Gasteiger partial charge in [0.25, 0.3) is 5.91 Å². The zero-order chi connectivity index (χ0) is 14.7. The fourth-order valence-corrected chi connectivity index (χ4v) is 3.71. The molecule has 0 saturated carbocycles. The quantitative estimate of drug-likeness (QED) is 0.872. The summed E-state index contributed by atoms with van der Waals surface area (Å²) < 4.78 is 6.73. The van der Waals surface area contributed by atoms with Crippen LogP contribution in [0.1, 0.15) is 15.2 Å². The predicted octanol–water partition coefficient (Wildman–Crippen LogP) is 3.29. The van der Waals surface area contributed by atoms with Crippen LogP contribution >= 0.6 is 27.3 Å². The van der Waals surface area contributed by atoms with Crippen LogP contribution in [0.15, 0.2) is 34.1 Å². The molecule has 21 heavy (non-hydrogen) atoms. The van der Waals surface area contributed by atoms with E-state index >= 15 is 0 Å². The Labute approximate surface area is 135 Å². The van der Waals surface area contributed by atoms with E-state index in [-0.39, 0.29) is 5.91 Å². The van der Waals surface area contributed by atoms with Crippen LogP contribution < -0.4 is 15.4 Å². The molecular weight excluding hydrogens is 352 g/mol. The van der Waals surface area contributed by atoms with E-state index in [1.165, 1.54) is 4.88 Å². The molecule has 6 heteroatoms. The fraction of sp³-hybridized carbons (Fsp3) is 0.267. The lowest BCUT2D eigenvalue weighted by Crippen LogP contribution is -2.27. The van der Waals surface area contributed by atoms with E-state index in [0.717, 1.165) is 22.4 Å². The van der Waals surface area contributed by atoms with Crippen LogP contribution in [0.2, 0.25) is 0 Å². The Morgan fingerprint density at radius 2 is 2.29 bits per heavy atom. The van der Waals surface area contributed by atoms with E-state index in [0.29, 0.717) is 24.5 Å². The number of hydrogen-bond donors (Lipinski definition) is 2. The van der Waals surface area contributed by atoms with Crippen LogP contribution in [0, 0.1) is 0 Å². The number of carbonyl (C=O) groups is 1. The molecule has 0 unspecified atom stereocenters. The number of amides is 1. The maximum Gasteiger partial charge on any atom is 0.255 e. The third-order valence-electron chi connectivity index (χ3n) is 3.21. The van der Waals surface area contributed by atoms with Crippen molar-refractivity contribution in [2.24, 2.45) is 0 Å². The van der Waals surface area contributed by atoms with Gasteiger partial charge in [-0.05, 0) is 46.6 Å². The molecule has 1 aromatic carbocycles. The Morgan fingerprint density at radius 3 is 3.10 bits per heavy atom. The van der Waals surface area contributed by atoms with Gasteiger partial charge in [-0.15, -0.1) is 11.3 Å². The molecule has 0 fully saturated rings. The molecule has 0 aliphatic carbocycles. The van der Waals surface area contributed by atoms with E-state index in [1.807, 2.05) is 18.2 Å². The average Bonchev–Trinajstić information content (AvgIpc) is 2.92. The van der Waals surface area contributed by atoms with Crippen LogP contribution in [-0.2, 0) is 6.42 Å². The van der Waals surface area contributed by atoms with Crippen molar-refractivity contribution < 1.29 is 9.53 Å². The minimum absolute atomic E-state index is 0.0915. The molecule has 4 nitrogen and oxygen atoms in total. The monoisotopic (exact) mass is 366 g/mol. The Hall–Kier alpha value is -1.53. The third kappa shape index (κ3) is 3.39. The van der Waals surface area contributed by atoms with Crippen molar-refractivity contribution in [3.05, 3.63) is 44.6 Å². The molecule has 1 aromatic heterocycles. The number of nitrogens with one attached hydrogen (secondary N) is 2. The van der Waals surface area contributed by atoms with Crippen molar-refractivity contribution in [3.63, 3.8) is 0 Å². The Morgan fingerprint density at radius 1 is 1.38 bits per heavy atom. The summed E-state index contributed by atoms with van der Waals surface area (Å²) in [4.78, 5) is 13.5. The number of anilines is 1. The first-order chi connectivity index (χ1) is 10.2. The van der Waals surface area contributed by atoms with E-state index in [2.05, 4.69) is 32.6 Å². The number of fused-ring (bicyclic) bond motifs is 1. The summed E-state index contributed by atoms with van der Waals surface area (Å²) in [6, 6.07) is 9.68. The lowest BCUT2D eigenvalue weighted by atomic mass is 10.1. The minimum atomic E-state index is -0.0915.